The molecule has 1 unspecified atom stereocenters. The Morgan fingerprint density at radius 1 is 1.12 bits per heavy atom. The van der Waals surface area contributed by atoms with Gasteiger partial charge in [-0.25, -0.2) is 8.78 Å². The van der Waals surface area contributed by atoms with Crippen LogP contribution in [0.3, 0.4) is 0 Å². The minimum atomic E-state index is -0.528. The summed E-state index contributed by atoms with van der Waals surface area (Å²) in [5.41, 5.74) is 6.40. The van der Waals surface area contributed by atoms with Gasteiger partial charge in [0, 0.05) is 6.07 Å². The maximum Gasteiger partial charge on any atom is 0.126 e. The Kier molecular flexibility index (Phi) is 4.03. The third-order valence-corrected chi connectivity index (χ3v) is 2.91. The molecule has 3 heteroatoms. The van der Waals surface area contributed by atoms with E-state index in [1.165, 1.54) is 12.1 Å². The van der Waals surface area contributed by atoms with Crippen LogP contribution in [-0.2, 0) is 6.42 Å². The molecule has 1 rings (SSSR count). The summed E-state index contributed by atoms with van der Waals surface area (Å²) in [6.45, 7) is 6.77. The summed E-state index contributed by atoms with van der Waals surface area (Å²) in [5.74, 6) is -0.840. The highest BCUT2D eigenvalue weighted by molar-refractivity contribution is 5.18. The topological polar surface area (TPSA) is 26.0 Å². The maximum atomic E-state index is 13.0. The minimum absolute atomic E-state index is 0.0392. The van der Waals surface area contributed by atoms with Gasteiger partial charge in [-0.15, -0.1) is 0 Å². The summed E-state index contributed by atoms with van der Waals surface area (Å²) < 4.78 is 26.0. The van der Waals surface area contributed by atoms with E-state index in [2.05, 4.69) is 20.8 Å². The Bertz CT molecular complexity index is 335. The predicted octanol–water partition coefficient (Wildman–Crippen LogP) is 3.13. The van der Waals surface area contributed by atoms with Crippen molar-refractivity contribution in [2.75, 3.05) is 6.54 Å². The lowest BCUT2D eigenvalue weighted by Crippen LogP contribution is -2.30. The van der Waals surface area contributed by atoms with E-state index in [9.17, 15) is 8.78 Å². The van der Waals surface area contributed by atoms with E-state index in [4.69, 9.17) is 5.73 Å². The van der Waals surface area contributed by atoms with E-state index in [-0.39, 0.29) is 11.3 Å². The zero-order valence-electron chi connectivity index (χ0n) is 10.1. The second-order valence-electron chi connectivity index (χ2n) is 5.28. The fourth-order valence-electron chi connectivity index (χ4n) is 1.76. The average Bonchev–Trinajstić information content (AvgIpc) is 2.10. The molecule has 0 bridgehead atoms. The zero-order chi connectivity index (χ0) is 12.3. The van der Waals surface area contributed by atoms with Crippen LogP contribution in [0.15, 0.2) is 18.2 Å². The standard InChI is InChI=1S/C13H19F2N/c1-13(2,3)10(8-16)4-9-5-11(14)7-12(15)6-9/h5-7,10H,4,8,16H2,1-3H3. The smallest absolute Gasteiger partial charge is 0.126 e. The van der Waals surface area contributed by atoms with Crippen molar-refractivity contribution in [2.24, 2.45) is 17.1 Å². The molecule has 0 amide bonds. The molecule has 1 nitrogen and oxygen atoms in total. The van der Waals surface area contributed by atoms with Gasteiger partial charge in [-0.1, -0.05) is 20.8 Å². The van der Waals surface area contributed by atoms with Gasteiger partial charge in [-0.3, -0.25) is 0 Å². The molecule has 1 atom stereocenters. The van der Waals surface area contributed by atoms with Crippen LogP contribution in [0.1, 0.15) is 26.3 Å². The minimum Gasteiger partial charge on any atom is -0.330 e. The van der Waals surface area contributed by atoms with Crippen molar-refractivity contribution in [3.8, 4) is 0 Å². The second-order valence-corrected chi connectivity index (χ2v) is 5.28. The summed E-state index contributed by atoms with van der Waals surface area (Å²) in [7, 11) is 0. The third kappa shape index (κ3) is 3.56. The molecule has 0 aromatic heterocycles. The molecular weight excluding hydrogens is 208 g/mol. The zero-order valence-corrected chi connectivity index (χ0v) is 10.1. The second kappa shape index (κ2) is 4.91. The van der Waals surface area contributed by atoms with Crippen molar-refractivity contribution in [1.82, 2.24) is 0 Å². The Hall–Kier alpha value is -0.960. The van der Waals surface area contributed by atoms with E-state index in [1.54, 1.807) is 0 Å². The van der Waals surface area contributed by atoms with Crippen LogP contribution in [0, 0.1) is 23.0 Å². The quantitative estimate of drug-likeness (QED) is 0.843. The number of halogens is 2. The summed E-state index contributed by atoms with van der Waals surface area (Å²) in [5, 5.41) is 0. The third-order valence-electron chi connectivity index (χ3n) is 2.91. The Morgan fingerprint density at radius 3 is 2.00 bits per heavy atom. The number of benzene rings is 1. The van der Waals surface area contributed by atoms with Crippen LogP contribution in [-0.4, -0.2) is 6.54 Å². The van der Waals surface area contributed by atoms with Gasteiger partial charge >= 0.3 is 0 Å². The SMILES string of the molecule is CC(C)(C)C(CN)Cc1cc(F)cc(F)c1. The van der Waals surface area contributed by atoms with Crippen molar-refractivity contribution in [3.63, 3.8) is 0 Å². The fourth-order valence-corrected chi connectivity index (χ4v) is 1.76. The normalized spacial score (nSPS) is 13.9. The number of hydrogen-bond donors (Lipinski definition) is 1. The van der Waals surface area contributed by atoms with Gasteiger partial charge < -0.3 is 5.73 Å². The highest BCUT2D eigenvalue weighted by Gasteiger charge is 2.23. The first kappa shape index (κ1) is 13.1. The molecule has 1 aromatic carbocycles. The van der Waals surface area contributed by atoms with E-state index in [1.807, 2.05) is 0 Å². The van der Waals surface area contributed by atoms with Gasteiger partial charge in [0.15, 0.2) is 0 Å². The number of hydrogen-bond acceptors (Lipinski definition) is 1. The van der Waals surface area contributed by atoms with Crippen LogP contribution in [0.2, 0.25) is 0 Å². The Balaban J connectivity index is 2.86. The maximum absolute atomic E-state index is 13.0. The predicted molar refractivity (Wildman–Crippen MR) is 62.1 cm³/mol. The molecule has 1 aromatic rings. The van der Waals surface area contributed by atoms with Gasteiger partial charge in [-0.2, -0.15) is 0 Å². The summed E-state index contributed by atoms with van der Waals surface area (Å²) in [4.78, 5) is 0. The summed E-state index contributed by atoms with van der Waals surface area (Å²) in [6.07, 6.45) is 0.606. The van der Waals surface area contributed by atoms with E-state index >= 15 is 0 Å². The lowest BCUT2D eigenvalue weighted by atomic mass is 9.77. The van der Waals surface area contributed by atoms with Crippen LogP contribution < -0.4 is 5.73 Å². The van der Waals surface area contributed by atoms with Crippen LogP contribution in [0.4, 0.5) is 8.78 Å². The molecule has 16 heavy (non-hydrogen) atoms. The van der Waals surface area contributed by atoms with Gasteiger partial charge in [0.25, 0.3) is 0 Å². The van der Waals surface area contributed by atoms with Crippen LogP contribution in [0.5, 0.6) is 0 Å². The highest BCUT2D eigenvalue weighted by Crippen LogP contribution is 2.28. The largest absolute Gasteiger partial charge is 0.330 e. The lowest BCUT2D eigenvalue weighted by molar-refractivity contribution is 0.245. The first-order chi connectivity index (χ1) is 7.32. The van der Waals surface area contributed by atoms with Crippen LogP contribution in [0.25, 0.3) is 0 Å². The molecule has 0 saturated carbocycles. The van der Waals surface area contributed by atoms with Gasteiger partial charge in [-0.05, 0) is 42.0 Å². The molecule has 0 aliphatic carbocycles. The number of rotatable bonds is 3. The fraction of sp³-hybridized carbons (Fsp3) is 0.538. The van der Waals surface area contributed by atoms with Gasteiger partial charge in [0.2, 0.25) is 0 Å². The van der Waals surface area contributed by atoms with Crippen molar-refractivity contribution in [2.45, 2.75) is 27.2 Å². The summed E-state index contributed by atoms with van der Waals surface area (Å²) >= 11 is 0. The molecule has 0 saturated heterocycles. The van der Waals surface area contributed by atoms with Crippen molar-refractivity contribution < 1.29 is 8.78 Å². The molecular formula is C13H19F2N. The lowest BCUT2D eigenvalue weighted by Gasteiger charge is -2.29. The van der Waals surface area contributed by atoms with Crippen molar-refractivity contribution in [3.05, 3.63) is 35.4 Å². The van der Waals surface area contributed by atoms with Gasteiger partial charge in [0.1, 0.15) is 11.6 Å². The first-order valence-electron chi connectivity index (χ1n) is 5.48. The Morgan fingerprint density at radius 2 is 1.62 bits per heavy atom. The first-order valence-corrected chi connectivity index (χ1v) is 5.48. The van der Waals surface area contributed by atoms with Crippen molar-refractivity contribution in [1.29, 1.82) is 0 Å². The molecule has 2 N–H and O–H groups in total. The molecule has 0 spiro atoms. The average molecular weight is 227 g/mol. The number of nitrogens with two attached hydrogens (primary N) is 1. The molecule has 0 heterocycles. The van der Waals surface area contributed by atoms with E-state index in [0.29, 0.717) is 18.5 Å². The summed E-state index contributed by atoms with van der Waals surface area (Å²) in [6, 6.07) is 3.63. The van der Waals surface area contributed by atoms with Gasteiger partial charge in [0.05, 0.1) is 0 Å². The highest BCUT2D eigenvalue weighted by atomic mass is 19.1. The van der Waals surface area contributed by atoms with Crippen molar-refractivity contribution >= 4 is 0 Å². The molecule has 0 aliphatic heterocycles. The monoisotopic (exact) mass is 227 g/mol. The molecule has 0 aliphatic rings. The Labute approximate surface area is 95.7 Å². The van der Waals surface area contributed by atoms with E-state index in [0.717, 1.165) is 6.07 Å². The van der Waals surface area contributed by atoms with E-state index < -0.39 is 11.6 Å². The molecule has 90 valence electrons. The van der Waals surface area contributed by atoms with Crippen LogP contribution >= 0.6 is 0 Å². The molecule has 0 fully saturated rings. The molecule has 0 radical (unpaired) electrons.